The molecule has 1 fully saturated rings. The molecular weight excluding hydrogens is 480 g/mol. The number of carbonyl (C=O) groups excluding carboxylic acids is 2. The molecule has 7 heteroatoms. The minimum atomic E-state index is -0.150. The number of hydrogen-bond acceptors (Lipinski definition) is 5. The first-order valence-electron chi connectivity index (χ1n) is 12.4. The molecule has 0 saturated carbocycles. The Labute approximate surface area is 223 Å². The van der Waals surface area contributed by atoms with Gasteiger partial charge in [0.1, 0.15) is 0 Å². The van der Waals surface area contributed by atoms with Gasteiger partial charge in [0.2, 0.25) is 11.7 Å². The van der Waals surface area contributed by atoms with E-state index in [4.69, 9.17) is 14.2 Å². The Hall–Kier alpha value is -4.52. The fraction of sp³-hybridized carbons (Fsp3) is 0.226. The van der Waals surface area contributed by atoms with Gasteiger partial charge < -0.3 is 24.0 Å². The van der Waals surface area contributed by atoms with Crippen molar-refractivity contribution in [3.8, 4) is 17.2 Å². The van der Waals surface area contributed by atoms with Gasteiger partial charge in [-0.15, -0.1) is 0 Å². The van der Waals surface area contributed by atoms with Gasteiger partial charge in [-0.25, -0.2) is 0 Å². The van der Waals surface area contributed by atoms with Gasteiger partial charge in [-0.1, -0.05) is 72.8 Å². The lowest BCUT2D eigenvalue weighted by atomic mass is 10.0. The second-order valence-corrected chi connectivity index (χ2v) is 8.74. The van der Waals surface area contributed by atoms with E-state index in [0.717, 1.165) is 16.7 Å². The predicted molar refractivity (Wildman–Crippen MR) is 148 cm³/mol. The fourth-order valence-electron chi connectivity index (χ4n) is 4.35. The number of hydrogen-bond donors (Lipinski definition) is 0. The van der Waals surface area contributed by atoms with Crippen LogP contribution in [0.1, 0.15) is 21.5 Å². The first-order chi connectivity index (χ1) is 18.5. The molecule has 3 aromatic carbocycles. The van der Waals surface area contributed by atoms with E-state index in [1.165, 1.54) is 21.3 Å². The molecule has 0 radical (unpaired) electrons. The number of ether oxygens (including phenoxy) is 3. The Bertz CT molecular complexity index is 1290. The van der Waals surface area contributed by atoms with E-state index in [-0.39, 0.29) is 11.8 Å². The highest BCUT2D eigenvalue weighted by Crippen LogP contribution is 2.38. The number of amides is 2. The SMILES string of the molecule is COc1cc(C(=O)N2CCN(C(=O)/C=C(\C=C/c3ccccc3)c3ccccc3)CC2)cc(OC)c1OC. The number of carbonyl (C=O) groups is 2. The summed E-state index contributed by atoms with van der Waals surface area (Å²) in [6.07, 6.45) is 5.64. The number of nitrogens with zero attached hydrogens (tertiary/aromatic N) is 2. The summed E-state index contributed by atoms with van der Waals surface area (Å²) < 4.78 is 16.1. The lowest BCUT2D eigenvalue weighted by Crippen LogP contribution is -2.50. The van der Waals surface area contributed by atoms with Gasteiger partial charge in [0, 0.05) is 37.8 Å². The molecule has 1 aliphatic rings. The molecular formula is C31H32N2O5. The van der Waals surface area contributed by atoms with Crippen molar-refractivity contribution in [3.63, 3.8) is 0 Å². The van der Waals surface area contributed by atoms with Crippen molar-refractivity contribution in [2.75, 3.05) is 47.5 Å². The number of methoxy groups -OCH3 is 3. The van der Waals surface area contributed by atoms with Crippen LogP contribution in [0.15, 0.2) is 84.9 Å². The zero-order valence-electron chi connectivity index (χ0n) is 21.9. The van der Waals surface area contributed by atoms with Crippen LogP contribution < -0.4 is 14.2 Å². The van der Waals surface area contributed by atoms with Crippen LogP contribution in [0.25, 0.3) is 11.6 Å². The number of piperazine rings is 1. The van der Waals surface area contributed by atoms with Crippen molar-refractivity contribution in [2.45, 2.75) is 0 Å². The summed E-state index contributed by atoms with van der Waals surface area (Å²) in [4.78, 5) is 30.0. The number of allylic oxidation sites excluding steroid dienone is 2. The van der Waals surface area contributed by atoms with Crippen LogP contribution >= 0.6 is 0 Å². The average molecular weight is 513 g/mol. The third-order valence-electron chi connectivity index (χ3n) is 6.43. The van der Waals surface area contributed by atoms with Gasteiger partial charge >= 0.3 is 0 Å². The summed E-state index contributed by atoms with van der Waals surface area (Å²) >= 11 is 0. The first-order valence-corrected chi connectivity index (χ1v) is 12.4. The Balaban J connectivity index is 1.47. The van der Waals surface area contributed by atoms with Crippen LogP contribution in [0.2, 0.25) is 0 Å². The second kappa shape index (κ2) is 12.6. The first kappa shape index (κ1) is 26.5. The normalized spacial score (nSPS) is 13.9. The standard InChI is InChI=1S/C31H32N2O5/c1-36-27-20-26(21-28(37-2)30(27)38-3)31(35)33-18-16-32(17-19-33)29(34)22-25(24-12-8-5-9-13-24)15-14-23-10-6-4-7-11-23/h4-15,20-22H,16-19H2,1-3H3/b15-14-,25-22+. The van der Waals surface area contributed by atoms with E-state index in [1.807, 2.05) is 72.8 Å². The molecule has 0 bridgehead atoms. The monoisotopic (exact) mass is 512 g/mol. The van der Waals surface area contributed by atoms with E-state index in [2.05, 4.69) is 0 Å². The molecule has 0 spiro atoms. The molecule has 7 nitrogen and oxygen atoms in total. The highest BCUT2D eigenvalue weighted by atomic mass is 16.5. The van der Waals surface area contributed by atoms with Crippen LogP contribution in [0.5, 0.6) is 17.2 Å². The quantitative estimate of drug-likeness (QED) is 0.321. The molecule has 38 heavy (non-hydrogen) atoms. The van der Waals surface area contributed by atoms with Crippen molar-refractivity contribution < 1.29 is 23.8 Å². The molecule has 1 aliphatic heterocycles. The van der Waals surface area contributed by atoms with Gasteiger partial charge in [0.05, 0.1) is 21.3 Å². The van der Waals surface area contributed by atoms with E-state index >= 15 is 0 Å². The summed E-state index contributed by atoms with van der Waals surface area (Å²) in [5.41, 5.74) is 3.29. The van der Waals surface area contributed by atoms with E-state index in [0.29, 0.717) is 49.0 Å². The fourth-order valence-corrected chi connectivity index (χ4v) is 4.35. The molecule has 4 rings (SSSR count). The lowest BCUT2D eigenvalue weighted by molar-refractivity contribution is -0.127. The van der Waals surface area contributed by atoms with E-state index < -0.39 is 0 Å². The maximum atomic E-state index is 13.2. The van der Waals surface area contributed by atoms with Gasteiger partial charge in [0.15, 0.2) is 11.5 Å². The van der Waals surface area contributed by atoms with Gasteiger partial charge in [-0.05, 0) is 28.8 Å². The van der Waals surface area contributed by atoms with Crippen molar-refractivity contribution >= 4 is 23.5 Å². The molecule has 0 unspecified atom stereocenters. The van der Waals surface area contributed by atoms with Crippen molar-refractivity contribution in [1.29, 1.82) is 0 Å². The number of rotatable bonds is 8. The summed E-state index contributed by atoms with van der Waals surface area (Å²) in [6, 6.07) is 23.1. The average Bonchev–Trinajstić information content (AvgIpc) is 2.98. The van der Waals surface area contributed by atoms with Crippen molar-refractivity contribution in [3.05, 3.63) is 102 Å². The molecule has 0 atom stereocenters. The maximum Gasteiger partial charge on any atom is 0.254 e. The molecule has 1 saturated heterocycles. The second-order valence-electron chi connectivity index (χ2n) is 8.74. The van der Waals surface area contributed by atoms with Crippen molar-refractivity contribution in [1.82, 2.24) is 9.80 Å². The maximum absolute atomic E-state index is 13.2. The van der Waals surface area contributed by atoms with Crippen molar-refractivity contribution in [2.24, 2.45) is 0 Å². The minimum Gasteiger partial charge on any atom is -0.493 e. The Kier molecular flexibility index (Phi) is 8.82. The molecule has 196 valence electrons. The van der Waals surface area contributed by atoms with Gasteiger partial charge in [-0.3, -0.25) is 9.59 Å². The van der Waals surface area contributed by atoms with Crippen LogP contribution in [0.3, 0.4) is 0 Å². The summed E-state index contributed by atoms with van der Waals surface area (Å²) in [7, 11) is 4.55. The van der Waals surface area contributed by atoms with Crippen LogP contribution in [-0.4, -0.2) is 69.1 Å². The van der Waals surface area contributed by atoms with Crippen LogP contribution in [0, 0.1) is 0 Å². The smallest absolute Gasteiger partial charge is 0.254 e. The third-order valence-corrected chi connectivity index (χ3v) is 6.43. The largest absolute Gasteiger partial charge is 0.493 e. The molecule has 1 heterocycles. The third kappa shape index (κ3) is 6.24. The van der Waals surface area contributed by atoms with Crippen LogP contribution in [0.4, 0.5) is 0 Å². The predicted octanol–water partition coefficient (Wildman–Crippen LogP) is 4.79. The Morgan fingerprint density at radius 3 is 1.82 bits per heavy atom. The Morgan fingerprint density at radius 1 is 0.711 bits per heavy atom. The molecule has 0 aromatic heterocycles. The molecule has 3 aromatic rings. The number of benzene rings is 3. The van der Waals surface area contributed by atoms with E-state index in [1.54, 1.807) is 28.0 Å². The van der Waals surface area contributed by atoms with E-state index in [9.17, 15) is 9.59 Å². The summed E-state index contributed by atoms with van der Waals surface area (Å²) in [5.74, 6) is 1.05. The highest BCUT2D eigenvalue weighted by Gasteiger charge is 2.26. The van der Waals surface area contributed by atoms with Gasteiger partial charge in [-0.2, -0.15) is 0 Å². The van der Waals surface area contributed by atoms with Gasteiger partial charge in [0.25, 0.3) is 5.91 Å². The minimum absolute atomic E-state index is 0.0820. The summed E-state index contributed by atoms with van der Waals surface area (Å²) in [6.45, 7) is 1.73. The molecule has 2 amide bonds. The lowest BCUT2D eigenvalue weighted by Gasteiger charge is -2.34. The zero-order chi connectivity index (χ0) is 26.9. The van der Waals surface area contributed by atoms with Crippen LogP contribution in [-0.2, 0) is 4.79 Å². The zero-order valence-corrected chi connectivity index (χ0v) is 21.9. The molecule has 0 aliphatic carbocycles. The topological polar surface area (TPSA) is 68.3 Å². The summed E-state index contributed by atoms with van der Waals surface area (Å²) in [5, 5.41) is 0. The highest BCUT2D eigenvalue weighted by molar-refractivity contribution is 5.99. The Morgan fingerprint density at radius 2 is 1.26 bits per heavy atom. The molecule has 0 N–H and O–H groups in total.